The molecule has 5 nitrogen and oxygen atoms in total. The van der Waals surface area contributed by atoms with E-state index < -0.39 is 0 Å². The average molecular weight is 308 g/mol. The SMILES string of the molecule is CCCCCCNC(=O)Nc1ccc(C)cc1OCCOC. The van der Waals surface area contributed by atoms with Crippen LogP contribution in [0.1, 0.15) is 38.2 Å². The van der Waals surface area contributed by atoms with Crippen molar-refractivity contribution in [3.63, 3.8) is 0 Å². The van der Waals surface area contributed by atoms with Crippen LogP contribution in [0, 0.1) is 6.92 Å². The second-order valence-corrected chi connectivity index (χ2v) is 5.28. The summed E-state index contributed by atoms with van der Waals surface area (Å²) in [5, 5.41) is 5.71. The Morgan fingerprint density at radius 2 is 2.00 bits per heavy atom. The summed E-state index contributed by atoms with van der Waals surface area (Å²) in [7, 11) is 1.63. The van der Waals surface area contributed by atoms with Gasteiger partial charge in [-0.05, 0) is 31.0 Å². The maximum atomic E-state index is 11.9. The highest BCUT2D eigenvalue weighted by atomic mass is 16.5. The Kier molecular flexibility index (Phi) is 9.07. The summed E-state index contributed by atoms with van der Waals surface area (Å²) in [5.74, 6) is 0.665. The van der Waals surface area contributed by atoms with Crippen LogP contribution in [0.15, 0.2) is 18.2 Å². The van der Waals surface area contributed by atoms with E-state index in [2.05, 4.69) is 17.6 Å². The molecule has 0 aliphatic heterocycles. The molecule has 22 heavy (non-hydrogen) atoms. The minimum atomic E-state index is -0.197. The van der Waals surface area contributed by atoms with Crippen molar-refractivity contribution >= 4 is 11.7 Å². The van der Waals surface area contributed by atoms with Crippen molar-refractivity contribution in [1.29, 1.82) is 0 Å². The van der Waals surface area contributed by atoms with Crippen molar-refractivity contribution in [1.82, 2.24) is 5.32 Å². The number of benzene rings is 1. The second kappa shape index (κ2) is 10.9. The van der Waals surface area contributed by atoms with E-state index in [-0.39, 0.29) is 6.03 Å². The van der Waals surface area contributed by atoms with Gasteiger partial charge in [0.05, 0.1) is 12.3 Å². The molecule has 0 aliphatic carbocycles. The van der Waals surface area contributed by atoms with Gasteiger partial charge in [-0.15, -0.1) is 0 Å². The third kappa shape index (κ3) is 7.31. The van der Waals surface area contributed by atoms with Crippen molar-refractivity contribution in [3.8, 4) is 5.75 Å². The number of carbonyl (C=O) groups excluding carboxylic acids is 1. The van der Waals surface area contributed by atoms with Crippen molar-refractivity contribution in [3.05, 3.63) is 23.8 Å². The molecule has 0 atom stereocenters. The van der Waals surface area contributed by atoms with Gasteiger partial charge in [0.25, 0.3) is 0 Å². The van der Waals surface area contributed by atoms with E-state index in [1.807, 2.05) is 25.1 Å². The number of amides is 2. The van der Waals surface area contributed by atoms with Crippen LogP contribution in [0.4, 0.5) is 10.5 Å². The molecule has 0 spiro atoms. The molecule has 1 aromatic rings. The zero-order valence-electron chi connectivity index (χ0n) is 13.9. The number of unbranched alkanes of at least 4 members (excludes halogenated alkanes) is 3. The van der Waals surface area contributed by atoms with E-state index in [1.165, 1.54) is 12.8 Å². The fraction of sp³-hybridized carbons (Fsp3) is 0.588. The smallest absolute Gasteiger partial charge is 0.319 e. The minimum Gasteiger partial charge on any atom is -0.489 e. The maximum absolute atomic E-state index is 11.9. The Morgan fingerprint density at radius 1 is 1.18 bits per heavy atom. The molecule has 2 N–H and O–H groups in total. The second-order valence-electron chi connectivity index (χ2n) is 5.28. The monoisotopic (exact) mass is 308 g/mol. The van der Waals surface area contributed by atoms with Gasteiger partial charge < -0.3 is 20.1 Å². The van der Waals surface area contributed by atoms with Crippen LogP contribution in [0.25, 0.3) is 0 Å². The molecule has 0 saturated heterocycles. The number of anilines is 1. The number of aryl methyl sites for hydroxylation is 1. The Labute approximate surface area is 133 Å². The summed E-state index contributed by atoms with van der Waals surface area (Å²) >= 11 is 0. The molecular formula is C17H28N2O3. The Balaban J connectivity index is 2.47. The fourth-order valence-corrected chi connectivity index (χ4v) is 2.01. The van der Waals surface area contributed by atoms with Crippen molar-refractivity contribution in [2.24, 2.45) is 0 Å². The van der Waals surface area contributed by atoms with Gasteiger partial charge in [-0.2, -0.15) is 0 Å². The van der Waals surface area contributed by atoms with Crippen molar-refractivity contribution < 1.29 is 14.3 Å². The molecule has 0 radical (unpaired) electrons. The van der Waals surface area contributed by atoms with Crippen molar-refractivity contribution in [2.45, 2.75) is 39.5 Å². The largest absolute Gasteiger partial charge is 0.489 e. The summed E-state index contributed by atoms with van der Waals surface area (Å²) in [5.41, 5.74) is 1.76. The van der Waals surface area contributed by atoms with Crippen LogP contribution in [-0.4, -0.2) is 32.9 Å². The van der Waals surface area contributed by atoms with Crippen LogP contribution >= 0.6 is 0 Å². The Morgan fingerprint density at radius 3 is 2.73 bits per heavy atom. The Bertz CT molecular complexity index is 450. The summed E-state index contributed by atoms with van der Waals surface area (Å²) in [6.07, 6.45) is 4.55. The first kappa shape index (κ1) is 18.3. The summed E-state index contributed by atoms with van der Waals surface area (Å²) in [6.45, 7) is 5.81. The summed E-state index contributed by atoms with van der Waals surface area (Å²) in [6, 6.07) is 5.51. The molecular weight excluding hydrogens is 280 g/mol. The first-order valence-corrected chi connectivity index (χ1v) is 7.94. The van der Waals surface area contributed by atoms with E-state index in [9.17, 15) is 4.79 Å². The maximum Gasteiger partial charge on any atom is 0.319 e. The number of rotatable bonds is 10. The summed E-state index contributed by atoms with van der Waals surface area (Å²) in [4.78, 5) is 11.9. The quantitative estimate of drug-likeness (QED) is 0.648. The summed E-state index contributed by atoms with van der Waals surface area (Å²) < 4.78 is 10.6. The van der Waals surface area contributed by atoms with E-state index in [4.69, 9.17) is 9.47 Å². The van der Waals surface area contributed by atoms with Gasteiger partial charge in [0.15, 0.2) is 0 Å². The van der Waals surface area contributed by atoms with Crippen molar-refractivity contribution in [2.75, 3.05) is 32.2 Å². The Hall–Kier alpha value is -1.75. The third-order valence-corrected chi connectivity index (χ3v) is 3.25. The fourth-order valence-electron chi connectivity index (χ4n) is 2.01. The number of hydrogen-bond acceptors (Lipinski definition) is 3. The highest BCUT2D eigenvalue weighted by Crippen LogP contribution is 2.25. The third-order valence-electron chi connectivity index (χ3n) is 3.25. The van der Waals surface area contributed by atoms with Gasteiger partial charge in [0.1, 0.15) is 12.4 Å². The van der Waals surface area contributed by atoms with Gasteiger partial charge in [-0.1, -0.05) is 32.3 Å². The zero-order valence-corrected chi connectivity index (χ0v) is 13.9. The zero-order chi connectivity index (χ0) is 16.2. The normalized spacial score (nSPS) is 10.3. The van der Waals surface area contributed by atoms with Crippen LogP contribution < -0.4 is 15.4 Å². The lowest BCUT2D eigenvalue weighted by Crippen LogP contribution is -2.29. The minimum absolute atomic E-state index is 0.197. The first-order valence-electron chi connectivity index (χ1n) is 7.94. The molecule has 1 rings (SSSR count). The van der Waals surface area contributed by atoms with Gasteiger partial charge in [-0.25, -0.2) is 4.79 Å². The lowest BCUT2D eigenvalue weighted by Gasteiger charge is -2.13. The number of carbonyl (C=O) groups is 1. The molecule has 0 aliphatic rings. The number of methoxy groups -OCH3 is 1. The molecule has 1 aromatic carbocycles. The van der Waals surface area contributed by atoms with Crippen LogP contribution in [0.3, 0.4) is 0 Å². The lowest BCUT2D eigenvalue weighted by atomic mass is 10.2. The highest BCUT2D eigenvalue weighted by Gasteiger charge is 2.08. The molecule has 0 unspecified atom stereocenters. The predicted molar refractivity (Wildman–Crippen MR) is 89.7 cm³/mol. The van der Waals surface area contributed by atoms with Crippen LogP contribution in [0.2, 0.25) is 0 Å². The number of hydrogen-bond donors (Lipinski definition) is 2. The van der Waals surface area contributed by atoms with Gasteiger partial charge >= 0.3 is 6.03 Å². The lowest BCUT2D eigenvalue weighted by molar-refractivity contribution is 0.146. The number of urea groups is 1. The van der Waals surface area contributed by atoms with E-state index in [1.54, 1.807) is 7.11 Å². The van der Waals surface area contributed by atoms with E-state index in [0.29, 0.717) is 31.2 Å². The molecule has 0 aromatic heterocycles. The highest BCUT2D eigenvalue weighted by molar-refractivity contribution is 5.90. The number of ether oxygens (including phenoxy) is 2. The molecule has 0 saturated carbocycles. The molecule has 124 valence electrons. The van der Waals surface area contributed by atoms with E-state index >= 15 is 0 Å². The molecule has 5 heteroatoms. The predicted octanol–water partition coefficient (Wildman–Crippen LogP) is 3.72. The van der Waals surface area contributed by atoms with Crippen LogP contribution in [0.5, 0.6) is 5.75 Å². The average Bonchev–Trinajstić information content (AvgIpc) is 2.50. The van der Waals surface area contributed by atoms with Gasteiger partial charge in [-0.3, -0.25) is 0 Å². The standard InChI is InChI=1S/C17H28N2O3/c1-4-5-6-7-10-18-17(20)19-15-9-8-14(2)13-16(15)22-12-11-21-3/h8-9,13H,4-7,10-12H2,1-3H3,(H2,18,19,20). The molecule has 0 heterocycles. The van der Waals surface area contributed by atoms with Crippen LogP contribution in [-0.2, 0) is 4.74 Å². The number of nitrogens with one attached hydrogen (secondary N) is 2. The molecule has 0 fully saturated rings. The molecule has 0 bridgehead atoms. The van der Waals surface area contributed by atoms with Gasteiger partial charge in [0.2, 0.25) is 0 Å². The topological polar surface area (TPSA) is 59.6 Å². The van der Waals surface area contributed by atoms with Gasteiger partial charge in [0, 0.05) is 13.7 Å². The van der Waals surface area contributed by atoms with E-state index in [0.717, 1.165) is 18.4 Å². The first-order chi connectivity index (χ1) is 10.7. The molecule has 2 amide bonds.